The van der Waals surface area contributed by atoms with E-state index in [4.69, 9.17) is 5.73 Å². The number of rotatable bonds is 1. The summed E-state index contributed by atoms with van der Waals surface area (Å²) < 4.78 is 1.89. The lowest BCUT2D eigenvalue weighted by molar-refractivity contribution is 0.491. The molecule has 76 valence electrons. The van der Waals surface area contributed by atoms with Gasteiger partial charge in [0.25, 0.3) is 5.56 Å². The predicted octanol–water partition coefficient (Wildman–Crippen LogP) is 1.85. The number of nitrogens with zero attached hydrogens (tertiary/aromatic N) is 1. The normalized spacial score (nSPS) is 17.5. The van der Waals surface area contributed by atoms with E-state index in [0.29, 0.717) is 11.7 Å². The highest BCUT2D eigenvalue weighted by atomic mass is 16.1. The molecule has 0 amide bonds. The third-order valence-electron chi connectivity index (χ3n) is 2.97. The van der Waals surface area contributed by atoms with Gasteiger partial charge >= 0.3 is 0 Å². The molecule has 1 fully saturated rings. The van der Waals surface area contributed by atoms with Crippen molar-refractivity contribution in [1.82, 2.24) is 4.57 Å². The molecule has 1 heterocycles. The lowest BCUT2D eigenvalue weighted by atomic mass is 10.2. The minimum absolute atomic E-state index is 0.0504. The maximum absolute atomic E-state index is 11.7. The Balaban J connectivity index is 2.46. The molecule has 1 aromatic rings. The average molecular weight is 192 g/mol. The first-order chi connectivity index (χ1) is 6.68. The first-order valence-electron chi connectivity index (χ1n) is 5.17. The van der Waals surface area contributed by atoms with Crippen molar-refractivity contribution in [3.8, 4) is 0 Å². The van der Waals surface area contributed by atoms with Crippen LogP contribution in [-0.4, -0.2) is 4.57 Å². The fraction of sp³-hybridized carbons (Fsp3) is 0.545. The zero-order valence-corrected chi connectivity index (χ0v) is 8.49. The molecular weight excluding hydrogens is 176 g/mol. The third kappa shape index (κ3) is 1.54. The maximum Gasteiger partial charge on any atom is 0.253 e. The van der Waals surface area contributed by atoms with E-state index in [-0.39, 0.29) is 5.56 Å². The van der Waals surface area contributed by atoms with Crippen LogP contribution in [0.4, 0.5) is 5.69 Å². The summed E-state index contributed by atoms with van der Waals surface area (Å²) in [5, 5.41) is 0. The number of hydrogen-bond donors (Lipinski definition) is 1. The highest BCUT2D eigenvalue weighted by Gasteiger charge is 2.19. The van der Waals surface area contributed by atoms with Gasteiger partial charge in [-0.1, -0.05) is 12.8 Å². The molecule has 2 rings (SSSR count). The lowest BCUT2D eigenvalue weighted by Gasteiger charge is -2.16. The number of hydrogen-bond acceptors (Lipinski definition) is 2. The van der Waals surface area contributed by atoms with Crippen molar-refractivity contribution in [2.45, 2.75) is 38.6 Å². The quantitative estimate of drug-likeness (QED) is 0.738. The highest BCUT2D eigenvalue weighted by Crippen LogP contribution is 2.29. The van der Waals surface area contributed by atoms with Gasteiger partial charge in [0.1, 0.15) is 0 Å². The highest BCUT2D eigenvalue weighted by molar-refractivity contribution is 5.37. The number of aromatic nitrogens is 1. The molecule has 1 aliphatic carbocycles. The first-order valence-corrected chi connectivity index (χ1v) is 5.17. The molecule has 14 heavy (non-hydrogen) atoms. The van der Waals surface area contributed by atoms with E-state index in [1.54, 1.807) is 0 Å². The molecule has 3 heteroatoms. The van der Waals surface area contributed by atoms with Gasteiger partial charge in [0, 0.05) is 23.5 Å². The molecule has 0 saturated heterocycles. The van der Waals surface area contributed by atoms with Crippen LogP contribution in [0.15, 0.2) is 16.9 Å². The minimum Gasteiger partial charge on any atom is -0.399 e. The Hall–Kier alpha value is -1.25. The summed E-state index contributed by atoms with van der Waals surface area (Å²) in [5.41, 5.74) is 7.22. The van der Waals surface area contributed by atoms with Crippen LogP contribution in [0.3, 0.4) is 0 Å². The van der Waals surface area contributed by atoms with E-state index in [9.17, 15) is 4.79 Å². The second-order valence-corrected chi connectivity index (χ2v) is 4.08. The molecule has 0 aromatic carbocycles. The van der Waals surface area contributed by atoms with Gasteiger partial charge in [0.15, 0.2) is 0 Å². The number of anilines is 1. The van der Waals surface area contributed by atoms with Gasteiger partial charge in [0.05, 0.1) is 0 Å². The Morgan fingerprint density at radius 1 is 1.36 bits per heavy atom. The van der Waals surface area contributed by atoms with E-state index in [2.05, 4.69) is 0 Å². The zero-order chi connectivity index (χ0) is 10.1. The van der Waals surface area contributed by atoms with Gasteiger partial charge in [-0.05, 0) is 25.8 Å². The Bertz CT molecular complexity index is 389. The molecule has 0 aliphatic heterocycles. The van der Waals surface area contributed by atoms with Crippen molar-refractivity contribution < 1.29 is 0 Å². The second-order valence-electron chi connectivity index (χ2n) is 4.08. The number of nitrogen functional groups attached to an aromatic ring is 1. The van der Waals surface area contributed by atoms with E-state index in [0.717, 1.165) is 18.5 Å². The van der Waals surface area contributed by atoms with Crippen molar-refractivity contribution >= 4 is 5.69 Å². The molecule has 3 nitrogen and oxygen atoms in total. The molecular formula is C11H16N2O. The Morgan fingerprint density at radius 3 is 2.57 bits per heavy atom. The lowest BCUT2D eigenvalue weighted by Crippen LogP contribution is -2.25. The van der Waals surface area contributed by atoms with Crippen LogP contribution in [0.1, 0.15) is 37.4 Å². The van der Waals surface area contributed by atoms with Gasteiger partial charge in [-0.3, -0.25) is 4.79 Å². The monoisotopic (exact) mass is 192 g/mol. The predicted molar refractivity (Wildman–Crippen MR) is 57.4 cm³/mol. The summed E-state index contributed by atoms with van der Waals surface area (Å²) >= 11 is 0. The first kappa shape index (κ1) is 9.31. The van der Waals surface area contributed by atoms with Gasteiger partial charge in [-0.2, -0.15) is 0 Å². The van der Waals surface area contributed by atoms with E-state index < -0.39 is 0 Å². The molecule has 0 bridgehead atoms. The van der Waals surface area contributed by atoms with Crippen molar-refractivity contribution in [2.75, 3.05) is 5.73 Å². The fourth-order valence-electron chi connectivity index (χ4n) is 2.37. The molecule has 2 N–H and O–H groups in total. The Morgan fingerprint density at radius 2 is 2.00 bits per heavy atom. The smallest absolute Gasteiger partial charge is 0.253 e. The standard InChI is InChI=1S/C11H16N2O/c1-8-6-9(12)7-11(14)13(8)10-4-2-3-5-10/h6-7,10H,2-5,12H2,1H3. The van der Waals surface area contributed by atoms with Gasteiger partial charge < -0.3 is 10.3 Å². The summed E-state index contributed by atoms with van der Waals surface area (Å²) in [7, 11) is 0. The topological polar surface area (TPSA) is 48.0 Å². The van der Waals surface area contributed by atoms with Crippen LogP contribution >= 0.6 is 0 Å². The Labute approximate surface area is 83.5 Å². The maximum atomic E-state index is 11.7. The molecule has 1 saturated carbocycles. The molecule has 0 unspecified atom stereocenters. The minimum atomic E-state index is 0.0504. The van der Waals surface area contributed by atoms with Crippen molar-refractivity contribution in [1.29, 1.82) is 0 Å². The summed E-state index contributed by atoms with van der Waals surface area (Å²) in [5.74, 6) is 0. The van der Waals surface area contributed by atoms with E-state index in [1.165, 1.54) is 18.9 Å². The van der Waals surface area contributed by atoms with Crippen LogP contribution in [0.5, 0.6) is 0 Å². The van der Waals surface area contributed by atoms with Gasteiger partial charge in [-0.25, -0.2) is 0 Å². The number of nitrogens with two attached hydrogens (primary N) is 1. The molecule has 1 aromatic heterocycles. The average Bonchev–Trinajstić information content (AvgIpc) is 2.54. The second kappa shape index (κ2) is 3.48. The zero-order valence-electron chi connectivity index (χ0n) is 8.49. The van der Waals surface area contributed by atoms with Crippen molar-refractivity contribution in [3.63, 3.8) is 0 Å². The van der Waals surface area contributed by atoms with E-state index in [1.807, 2.05) is 17.6 Å². The molecule has 0 atom stereocenters. The van der Waals surface area contributed by atoms with Crippen LogP contribution in [0.2, 0.25) is 0 Å². The summed E-state index contributed by atoms with van der Waals surface area (Å²) in [6.45, 7) is 1.95. The third-order valence-corrected chi connectivity index (χ3v) is 2.97. The molecule has 0 spiro atoms. The van der Waals surface area contributed by atoms with E-state index >= 15 is 0 Å². The Kier molecular flexibility index (Phi) is 2.32. The summed E-state index contributed by atoms with van der Waals surface area (Å²) in [6, 6.07) is 3.80. The van der Waals surface area contributed by atoms with Crippen LogP contribution in [0, 0.1) is 6.92 Å². The van der Waals surface area contributed by atoms with Gasteiger partial charge in [0.2, 0.25) is 0 Å². The van der Waals surface area contributed by atoms with Crippen molar-refractivity contribution in [2.24, 2.45) is 0 Å². The number of pyridine rings is 1. The number of aryl methyl sites for hydroxylation is 1. The fourth-order valence-corrected chi connectivity index (χ4v) is 2.37. The van der Waals surface area contributed by atoms with Crippen LogP contribution in [-0.2, 0) is 0 Å². The van der Waals surface area contributed by atoms with Crippen LogP contribution in [0.25, 0.3) is 0 Å². The summed E-state index contributed by atoms with van der Waals surface area (Å²) in [6.07, 6.45) is 4.73. The molecule has 1 aliphatic rings. The van der Waals surface area contributed by atoms with Crippen LogP contribution < -0.4 is 11.3 Å². The SMILES string of the molecule is Cc1cc(N)cc(=O)n1C1CCCC1. The largest absolute Gasteiger partial charge is 0.399 e. The van der Waals surface area contributed by atoms with Crippen molar-refractivity contribution in [3.05, 3.63) is 28.2 Å². The summed E-state index contributed by atoms with van der Waals surface area (Å²) in [4.78, 5) is 11.7. The molecule has 0 radical (unpaired) electrons. The van der Waals surface area contributed by atoms with Gasteiger partial charge in [-0.15, -0.1) is 0 Å².